The van der Waals surface area contributed by atoms with Crippen LogP contribution in [-0.4, -0.2) is 41.7 Å². The quantitative estimate of drug-likeness (QED) is 0.637. The predicted molar refractivity (Wildman–Crippen MR) is 96.8 cm³/mol. The molecule has 2 N–H and O–H groups in total. The SMILES string of the molecule is CCn1c(SCC(=O)Nc2nnc(C)s2)nnc1-c1ccc(O)cc1. The van der Waals surface area contributed by atoms with E-state index in [1.165, 1.54) is 23.1 Å². The number of nitrogens with zero attached hydrogens (tertiary/aromatic N) is 5. The van der Waals surface area contributed by atoms with Crippen LogP contribution in [0.3, 0.4) is 0 Å². The highest BCUT2D eigenvalue weighted by atomic mass is 32.2. The van der Waals surface area contributed by atoms with Gasteiger partial charge in [-0.2, -0.15) is 0 Å². The third kappa shape index (κ3) is 4.15. The van der Waals surface area contributed by atoms with Gasteiger partial charge >= 0.3 is 0 Å². The van der Waals surface area contributed by atoms with Gasteiger partial charge in [0.2, 0.25) is 11.0 Å². The normalized spacial score (nSPS) is 10.8. The molecule has 0 saturated heterocycles. The number of thioether (sulfide) groups is 1. The van der Waals surface area contributed by atoms with Gasteiger partial charge in [0, 0.05) is 12.1 Å². The molecule has 0 fully saturated rings. The Morgan fingerprint density at radius 3 is 2.64 bits per heavy atom. The summed E-state index contributed by atoms with van der Waals surface area (Å²) in [6.07, 6.45) is 0. The molecule has 0 aliphatic carbocycles. The number of phenols is 1. The van der Waals surface area contributed by atoms with Crippen LogP contribution in [-0.2, 0) is 11.3 Å². The zero-order chi connectivity index (χ0) is 17.8. The molecule has 0 aliphatic heterocycles. The van der Waals surface area contributed by atoms with Crippen molar-refractivity contribution in [1.29, 1.82) is 0 Å². The van der Waals surface area contributed by atoms with E-state index in [4.69, 9.17) is 0 Å². The van der Waals surface area contributed by atoms with Gasteiger partial charge in [0.1, 0.15) is 10.8 Å². The Hall–Kier alpha value is -2.46. The zero-order valence-corrected chi connectivity index (χ0v) is 15.3. The number of rotatable bonds is 6. The zero-order valence-electron chi connectivity index (χ0n) is 13.6. The third-order valence-electron chi connectivity index (χ3n) is 3.26. The minimum atomic E-state index is -0.169. The Bertz CT molecular complexity index is 875. The number of phenolic OH excluding ortho intramolecular Hbond substituents is 1. The molecule has 0 spiro atoms. The van der Waals surface area contributed by atoms with Crippen molar-refractivity contribution in [3.8, 4) is 17.1 Å². The topological polar surface area (TPSA) is 106 Å². The summed E-state index contributed by atoms with van der Waals surface area (Å²) in [5, 5.41) is 30.2. The van der Waals surface area contributed by atoms with Gasteiger partial charge in [-0.05, 0) is 38.1 Å². The predicted octanol–water partition coefficient (Wildman–Crippen LogP) is 2.56. The minimum absolute atomic E-state index is 0.169. The van der Waals surface area contributed by atoms with Crippen LogP contribution in [0, 0.1) is 6.92 Å². The summed E-state index contributed by atoms with van der Waals surface area (Å²) in [4.78, 5) is 12.0. The summed E-state index contributed by atoms with van der Waals surface area (Å²) >= 11 is 2.64. The smallest absolute Gasteiger partial charge is 0.236 e. The maximum Gasteiger partial charge on any atom is 0.236 e. The maximum absolute atomic E-state index is 12.0. The van der Waals surface area contributed by atoms with Crippen LogP contribution >= 0.6 is 23.1 Å². The molecule has 0 unspecified atom stereocenters. The van der Waals surface area contributed by atoms with Crippen molar-refractivity contribution in [3.63, 3.8) is 0 Å². The van der Waals surface area contributed by atoms with E-state index < -0.39 is 0 Å². The molecule has 25 heavy (non-hydrogen) atoms. The number of aromatic hydroxyl groups is 1. The Balaban J connectivity index is 1.68. The summed E-state index contributed by atoms with van der Waals surface area (Å²) in [5.41, 5.74) is 0.854. The monoisotopic (exact) mass is 376 g/mol. The Morgan fingerprint density at radius 2 is 2.00 bits per heavy atom. The summed E-state index contributed by atoms with van der Waals surface area (Å²) in [6.45, 7) is 4.49. The van der Waals surface area contributed by atoms with E-state index in [9.17, 15) is 9.90 Å². The fourth-order valence-electron chi connectivity index (χ4n) is 2.14. The highest BCUT2D eigenvalue weighted by Gasteiger charge is 2.15. The van der Waals surface area contributed by atoms with Crippen molar-refractivity contribution < 1.29 is 9.90 Å². The number of amides is 1. The first-order chi connectivity index (χ1) is 12.1. The van der Waals surface area contributed by atoms with Crippen molar-refractivity contribution in [1.82, 2.24) is 25.0 Å². The number of aryl methyl sites for hydroxylation is 1. The van der Waals surface area contributed by atoms with E-state index in [2.05, 4.69) is 25.7 Å². The summed E-state index contributed by atoms with van der Waals surface area (Å²) < 4.78 is 1.93. The van der Waals surface area contributed by atoms with Crippen LogP contribution in [0.15, 0.2) is 29.4 Å². The highest BCUT2D eigenvalue weighted by Crippen LogP contribution is 2.25. The molecule has 3 rings (SSSR count). The van der Waals surface area contributed by atoms with Crippen LogP contribution in [0.4, 0.5) is 5.13 Å². The minimum Gasteiger partial charge on any atom is -0.508 e. The first-order valence-electron chi connectivity index (χ1n) is 7.52. The summed E-state index contributed by atoms with van der Waals surface area (Å²) in [6, 6.07) is 6.78. The van der Waals surface area contributed by atoms with Gasteiger partial charge in [0.15, 0.2) is 11.0 Å². The first-order valence-corrected chi connectivity index (χ1v) is 9.32. The number of hydrogen-bond acceptors (Lipinski definition) is 8. The number of nitrogens with one attached hydrogen (secondary N) is 1. The molecule has 0 radical (unpaired) electrons. The van der Waals surface area contributed by atoms with Gasteiger partial charge in [-0.25, -0.2) is 0 Å². The molecular weight excluding hydrogens is 360 g/mol. The molecule has 0 saturated carbocycles. The molecule has 2 aromatic heterocycles. The Kier molecular flexibility index (Phi) is 5.29. The maximum atomic E-state index is 12.0. The average Bonchev–Trinajstić information content (AvgIpc) is 3.19. The number of benzene rings is 1. The van der Waals surface area contributed by atoms with Crippen LogP contribution in [0.2, 0.25) is 0 Å². The van der Waals surface area contributed by atoms with Crippen LogP contribution < -0.4 is 5.32 Å². The molecule has 1 aromatic carbocycles. The van der Waals surface area contributed by atoms with E-state index in [0.717, 1.165) is 10.6 Å². The first kappa shape index (κ1) is 17.4. The molecule has 0 bridgehead atoms. The van der Waals surface area contributed by atoms with Crippen molar-refractivity contribution in [3.05, 3.63) is 29.3 Å². The van der Waals surface area contributed by atoms with Gasteiger partial charge in [-0.3, -0.25) is 10.1 Å². The second-order valence-corrected chi connectivity index (χ2v) is 7.18. The van der Waals surface area contributed by atoms with Crippen LogP contribution in [0.25, 0.3) is 11.4 Å². The largest absolute Gasteiger partial charge is 0.508 e. The fourth-order valence-corrected chi connectivity index (χ4v) is 3.55. The van der Waals surface area contributed by atoms with Gasteiger partial charge in [-0.1, -0.05) is 23.1 Å². The van der Waals surface area contributed by atoms with E-state index in [1.807, 2.05) is 18.4 Å². The second kappa shape index (κ2) is 7.62. The third-order valence-corrected chi connectivity index (χ3v) is 4.98. The standard InChI is InChI=1S/C15H16N6O2S2/c1-3-21-13(10-4-6-11(22)7-5-10)18-20-15(21)24-8-12(23)16-14-19-17-9(2)25-14/h4-7,22H,3,8H2,1-2H3,(H,16,19,23). The molecule has 0 atom stereocenters. The fraction of sp³-hybridized carbons (Fsp3) is 0.267. The van der Waals surface area contributed by atoms with E-state index in [-0.39, 0.29) is 17.4 Å². The average molecular weight is 376 g/mol. The van der Waals surface area contributed by atoms with Gasteiger partial charge in [-0.15, -0.1) is 20.4 Å². The Labute approximate surface area is 152 Å². The van der Waals surface area contributed by atoms with Crippen molar-refractivity contribution in [2.75, 3.05) is 11.1 Å². The molecule has 0 aliphatic rings. The van der Waals surface area contributed by atoms with E-state index >= 15 is 0 Å². The number of aromatic nitrogens is 5. The number of anilines is 1. The molecule has 130 valence electrons. The summed E-state index contributed by atoms with van der Waals surface area (Å²) in [5.74, 6) is 0.930. The van der Waals surface area contributed by atoms with Gasteiger partial charge in [0.05, 0.1) is 5.75 Å². The molecule has 10 heteroatoms. The number of carbonyl (C=O) groups excluding carboxylic acids is 1. The van der Waals surface area contributed by atoms with Gasteiger partial charge < -0.3 is 9.67 Å². The lowest BCUT2D eigenvalue weighted by Gasteiger charge is -2.07. The Morgan fingerprint density at radius 1 is 1.24 bits per heavy atom. The van der Waals surface area contributed by atoms with Crippen molar-refractivity contribution in [2.45, 2.75) is 25.5 Å². The highest BCUT2D eigenvalue weighted by molar-refractivity contribution is 7.99. The van der Waals surface area contributed by atoms with E-state index in [0.29, 0.717) is 22.7 Å². The lowest BCUT2D eigenvalue weighted by atomic mass is 10.2. The van der Waals surface area contributed by atoms with Gasteiger partial charge in [0.25, 0.3) is 0 Å². The number of carbonyl (C=O) groups is 1. The van der Waals surface area contributed by atoms with Crippen LogP contribution in [0.5, 0.6) is 5.75 Å². The molecule has 1 amide bonds. The van der Waals surface area contributed by atoms with Crippen molar-refractivity contribution in [2.24, 2.45) is 0 Å². The van der Waals surface area contributed by atoms with Crippen LogP contribution in [0.1, 0.15) is 11.9 Å². The van der Waals surface area contributed by atoms with Crippen molar-refractivity contribution >= 4 is 34.1 Å². The lowest BCUT2D eigenvalue weighted by Crippen LogP contribution is -2.14. The molecule has 2 heterocycles. The molecule has 3 aromatic rings. The summed E-state index contributed by atoms with van der Waals surface area (Å²) in [7, 11) is 0. The lowest BCUT2D eigenvalue weighted by molar-refractivity contribution is -0.113. The second-order valence-electron chi connectivity index (χ2n) is 5.06. The molecular formula is C15H16N6O2S2. The molecule has 8 nitrogen and oxygen atoms in total. The van der Waals surface area contributed by atoms with E-state index in [1.54, 1.807) is 24.3 Å². The number of hydrogen-bond donors (Lipinski definition) is 2.